The van der Waals surface area contributed by atoms with Crippen LogP contribution in [0.2, 0.25) is 0 Å². The van der Waals surface area contributed by atoms with Crippen molar-refractivity contribution in [3.63, 3.8) is 0 Å². The monoisotopic (exact) mass is 219 g/mol. The van der Waals surface area contributed by atoms with Crippen molar-refractivity contribution in [2.75, 3.05) is 13.2 Å². The largest absolute Gasteiger partial charge is 0.395 e. The van der Waals surface area contributed by atoms with E-state index in [0.717, 1.165) is 17.8 Å². The lowest BCUT2D eigenvalue weighted by atomic mass is 10.2. The molecule has 2 heterocycles. The number of pyridine rings is 1. The van der Waals surface area contributed by atoms with Gasteiger partial charge in [-0.15, -0.1) is 0 Å². The van der Waals surface area contributed by atoms with Crippen molar-refractivity contribution >= 4 is 11.6 Å². The number of oxime groups is 1. The predicted octanol–water partition coefficient (Wildman–Crippen LogP) is 0.896. The number of hydrogen-bond acceptors (Lipinski definition) is 4. The first-order chi connectivity index (χ1) is 7.75. The smallest absolute Gasteiger partial charge is 0.270 e. The third kappa shape index (κ3) is 2.56. The Balaban J connectivity index is 1.92. The SMILES string of the molecule is Cc1cccc(C(=O)NCC2=NOCC2)n1. The van der Waals surface area contributed by atoms with Crippen LogP contribution in [0.25, 0.3) is 0 Å². The van der Waals surface area contributed by atoms with Gasteiger partial charge in [0, 0.05) is 12.1 Å². The molecule has 0 aromatic carbocycles. The van der Waals surface area contributed by atoms with Crippen LogP contribution in [0.4, 0.5) is 0 Å². The summed E-state index contributed by atoms with van der Waals surface area (Å²) in [7, 11) is 0. The molecule has 84 valence electrons. The molecular formula is C11H13N3O2. The van der Waals surface area contributed by atoms with Gasteiger partial charge in [-0.3, -0.25) is 4.79 Å². The van der Waals surface area contributed by atoms with Gasteiger partial charge in [0.05, 0.1) is 12.3 Å². The van der Waals surface area contributed by atoms with Crippen LogP contribution in [0, 0.1) is 6.92 Å². The van der Waals surface area contributed by atoms with Crippen LogP contribution in [-0.4, -0.2) is 29.8 Å². The van der Waals surface area contributed by atoms with Gasteiger partial charge in [-0.1, -0.05) is 11.2 Å². The van der Waals surface area contributed by atoms with Gasteiger partial charge in [-0.25, -0.2) is 4.98 Å². The van der Waals surface area contributed by atoms with Crippen LogP contribution in [0.1, 0.15) is 22.6 Å². The molecular weight excluding hydrogens is 206 g/mol. The van der Waals surface area contributed by atoms with Crippen LogP contribution in [-0.2, 0) is 4.84 Å². The van der Waals surface area contributed by atoms with E-state index in [1.165, 1.54) is 0 Å². The van der Waals surface area contributed by atoms with E-state index in [0.29, 0.717) is 18.8 Å². The second-order valence-corrected chi connectivity index (χ2v) is 3.59. The Bertz CT molecular complexity index is 429. The minimum atomic E-state index is -0.182. The van der Waals surface area contributed by atoms with Gasteiger partial charge in [-0.05, 0) is 19.1 Å². The topological polar surface area (TPSA) is 63.6 Å². The fraction of sp³-hybridized carbons (Fsp3) is 0.364. The Hall–Kier alpha value is -1.91. The van der Waals surface area contributed by atoms with Crippen LogP contribution in [0.3, 0.4) is 0 Å². The summed E-state index contributed by atoms with van der Waals surface area (Å²) in [5, 5.41) is 6.56. The van der Waals surface area contributed by atoms with E-state index < -0.39 is 0 Å². The van der Waals surface area contributed by atoms with E-state index in [-0.39, 0.29) is 5.91 Å². The Morgan fingerprint density at radius 1 is 1.56 bits per heavy atom. The highest BCUT2D eigenvalue weighted by atomic mass is 16.6. The molecule has 2 rings (SSSR count). The minimum absolute atomic E-state index is 0.182. The zero-order valence-electron chi connectivity index (χ0n) is 9.06. The fourth-order valence-corrected chi connectivity index (χ4v) is 1.41. The lowest BCUT2D eigenvalue weighted by molar-refractivity contribution is 0.0954. The summed E-state index contributed by atoms with van der Waals surface area (Å²) in [4.78, 5) is 20.7. The average Bonchev–Trinajstić information content (AvgIpc) is 2.78. The first-order valence-electron chi connectivity index (χ1n) is 5.15. The summed E-state index contributed by atoms with van der Waals surface area (Å²) in [5.41, 5.74) is 2.12. The molecule has 5 nitrogen and oxygen atoms in total. The summed E-state index contributed by atoms with van der Waals surface area (Å²) in [6.07, 6.45) is 0.779. The summed E-state index contributed by atoms with van der Waals surface area (Å²) in [5.74, 6) is -0.182. The van der Waals surface area contributed by atoms with Gasteiger partial charge in [-0.2, -0.15) is 0 Å². The van der Waals surface area contributed by atoms with Crippen molar-refractivity contribution in [3.8, 4) is 0 Å². The maximum atomic E-state index is 11.7. The highest BCUT2D eigenvalue weighted by molar-refractivity contribution is 5.96. The molecule has 0 bridgehead atoms. The molecule has 0 unspecified atom stereocenters. The van der Waals surface area contributed by atoms with Gasteiger partial charge in [0.25, 0.3) is 5.91 Å². The maximum Gasteiger partial charge on any atom is 0.270 e. The van der Waals surface area contributed by atoms with E-state index in [2.05, 4.69) is 15.5 Å². The number of carbonyl (C=O) groups excluding carboxylic acids is 1. The highest BCUT2D eigenvalue weighted by Gasteiger charge is 2.11. The number of nitrogens with one attached hydrogen (secondary N) is 1. The number of aromatic nitrogens is 1. The van der Waals surface area contributed by atoms with Crippen molar-refractivity contribution in [2.24, 2.45) is 5.16 Å². The highest BCUT2D eigenvalue weighted by Crippen LogP contribution is 2.00. The zero-order valence-corrected chi connectivity index (χ0v) is 9.06. The molecule has 1 amide bonds. The summed E-state index contributed by atoms with van der Waals surface area (Å²) >= 11 is 0. The number of carbonyl (C=O) groups is 1. The second kappa shape index (κ2) is 4.74. The third-order valence-electron chi connectivity index (χ3n) is 2.25. The van der Waals surface area contributed by atoms with Crippen molar-refractivity contribution < 1.29 is 9.63 Å². The van der Waals surface area contributed by atoms with E-state index in [1.54, 1.807) is 6.07 Å². The number of aryl methyl sites for hydroxylation is 1. The average molecular weight is 219 g/mol. The van der Waals surface area contributed by atoms with Gasteiger partial charge >= 0.3 is 0 Å². The van der Waals surface area contributed by atoms with Gasteiger partial charge in [0.1, 0.15) is 12.3 Å². The number of hydrogen-bond donors (Lipinski definition) is 1. The van der Waals surface area contributed by atoms with Crippen LogP contribution < -0.4 is 5.32 Å². The summed E-state index contributed by atoms with van der Waals surface area (Å²) in [6.45, 7) is 2.88. The molecule has 0 radical (unpaired) electrons. The molecule has 1 N–H and O–H groups in total. The van der Waals surface area contributed by atoms with Crippen molar-refractivity contribution in [1.29, 1.82) is 0 Å². The zero-order chi connectivity index (χ0) is 11.4. The quantitative estimate of drug-likeness (QED) is 0.821. The first-order valence-corrected chi connectivity index (χ1v) is 5.15. The normalized spacial score (nSPS) is 14.2. The predicted molar refractivity (Wildman–Crippen MR) is 59.3 cm³/mol. The Morgan fingerprint density at radius 3 is 3.12 bits per heavy atom. The molecule has 0 spiro atoms. The van der Waals surface area contributed by atoms with Crippen molar-refractivity contribution in [1.82, 2.24) is 10.3 Å². The number of amides is 1. The van der Waals surface area contributed by atoms with Crippen molar-refractivity contribution in [3.05, 3.63) is 29.6 Å². The third-order valence-corrected chi connectivity index (χ3v) is 2.25. The maximum absolute atomic E-state index is 11.7. The van der Waals surface area contributed by atoms with E-state index in [1.807, 2.05) is 19.1 Å². The number of rotatable bonds is 3. The van der Waals surface area contributed by atoms with E-state index in [4.69, 9.17) is 4.84 Å². The van der Waals surface area contributed by atoms with Gasteiger partial charge < -0.3 is 10.2 Å². The molecule has 0 aliphatic carbocycles. The van der Waals surface area contributed by atoms with Crippen LogP contribution in [0.15, 0.2) is 23.4 Å². The Labute approximate surface area is 93.5 Å². The molecule has 0 saturated carbocycles. The Kier molecular flexibility index (Phi) is 3.14. The van der Waals surface area contributed by atoms with Crippen molar-refractivity contribution in [2.45, 2.75) is 13.3 Å². The molecule has 0 fully saturated rings. The van der Waals surface area contributed by atoms with Crippen LogP contribution >= 0.6 is 0 Å². The van der Waals surface area contributed by atoms with E-state index >= 15 is 0 Å². The molecule has 1 aromatic heterocycles. The van der Waals surface area contributed by atoms with E-state index in [9.17, 15) is 4.79 Å². The second-order valence-electron chi connectivity index (χ2n) is 3.59. The van der Waals surface area contributed by atoms with Gasteiger partial charge in [0.15, 0.2) is 0 Å². The fourth-order valence-electron chi connectivity index (χ4n) is 1.41. The minimum Gasteiger partial charge on any atom is -0.395 e. The standard InChI is InChI=1S/C11H13N3O2/c1-8-3-2-4-10(13-8)11(15)12-7-9-5-6-16-14-9/h2-4H,5-7H2,1H3,(H,12,15). The summed E-state index contributed by atoms with van der Waals surface area (Å²) in [6, 6.07) is 5.36. The molecule has 1 aromatic rings. The number of nitrogens with zero attached hydrogens (tertiary/aromatic N) is 2. The molecule has 1 aliphatic rings. The first kappa shape index (κ1) is 10.6. The Morgan fingerprint density at radius 2 is 2.44 bits per heavy atom. The summed E-state index contributed by atoms with van der Waals surface area (Å²) < 4.78 is 0. The lowest BCUT2D eigenvalue weighted by Crippen LogP contribution is -2.29. The van der Waals surface area contributed by atoms with Gasteiger partial charge in [0.2, 0.25) is 0 Å². The molecule has 0 saturated heterocycles. The lowest BCUT2D eigenvalue weighted by Gasteiger charge is -2.03. The molecule has 5 heteroatoms. The molecule has 0 atom stereocenters. The van der Waals surface area contributed by atoms with Crippen LogP contribution in [0.5, 0.6) is 0 Å². The molecule has 16 heavy (non-hydrogen) atoms. The molecule has 1 aliphatic heterocycles.